The van der Waals surface area contributed by atoms with Gasteiger partial charge in [0.25, 0.3) is 11.8 Å². The molecule has 2 heterocycles. The minimum atomic E-state index is -1.38. The molecular formula is C17H11N2O6-. The molecule has 0 spiro atoms. The number of benzene rings is 1. The Morgan fingerprint density at radius 3 is 2.36 bits per heavy atom. The fourth-order valence-electron chi connectivity index (χ4n) is 2.31. The van der Waals surface area contributed by atoms with E-state index in [1.807, 2.05) is 0 Å². The number of barbiturate groups is 1. The summed E-state index contributed by atoms with van der Waals surface area (Å²) in [5.41, 5.74) is -0.272. The molecule has 8 heteroatoms. The Balaban J connectivity index is 1.98. The van der Waals surface area contributed by atoms with Crippen LogP contribution in [0, 0.1) is 6.92 Å². The van der Waals surface area contributed by atoms with Gasteiger partial charge < -0.3 is 14.3 Å². The third-order valence-corrected chi connectivity index (χ3v) is 3.51. The van der Waals surface area contributed by atoms with Gasteiger partial charge in [-0.15, -0.1) is 0 Å². The smallest absolute Gasteiger partial charge is 0.335 e. The molecule has 1 N–H and O–H groups in total. The van der Waals surface area contributed by atoms with E-state index in [1.54, 1.807) is 19.1 Å². The molecule has 1 aromatic carbocycles. The Morgan fingerprint density at radius 1 is 1.12 bits per heavy atom. The number of amides is 4. The summed E-state index contributed by atoms with van der Waals surface area (Å²) in [6.07, 6.45) is 1.24. The van der Waals surface area contributed by atoms with Crippen LogP contribution >= 0.6 is 0 Å². The van der Waals surface area contributed by atoms with Crippen LogP contribution in [-0.2, 0) is 9.59 Å². The van der Waals surface area contributed by atoms with E-state index >= 15 is 0 Å². The molecule has 1 aromatic heterocycles. The topological polar surface area (TPSA) is 120 Å². The number of nitrogens with zero attached hydrogens (tertiary/aromatic N) is 1. The number of furan rings is 1. The lowest BCUT2D eigenvalue weighted by molar-refractivity contribution is -0.255. The number of urea groups is 1. The molecule has 4 amide bonds. The summed E-state index contributed by atoms with van der Waals surface area (Å²) >= 11 is 0. The van der Waals surface area contributed by atoms with Crippen molar-refractivity contribution < 1.29 is 28.7 Å². The normalized spacial score (nSPS) is 16.3. The predicted molar refractivity (Wildman–Crippen MR) is 83.2 cm³/mol. The summed E-state index contributed by atoms with van der Waals surface area (Å²) in [6, 6.07) is 7.25. The fraction of sp³-hybridized carbons (Fsp3) is 0.0588. The Hall–Kier alpha value is -3.68. The first kappa shape index (κ1) is 16.2. The molecular weight excluding hydrogens is 328 g/mol. The minimum absolute atomic E-state index is 0.105. The van der Waals surface area contributed by atoms with Gasteiger partial charge in [-0.2, -0.15) is 0 Å². The highest BCUT2D eigenvalue weighted by atomic mass is 16.4. The zero-order chi connectivity index (χ0) is 18.1. The lowest BCUT2D eigenvalue weighted by Crippen LogP contribution is -2.54. The van der Waals surface area contributed by atoms with Gasteiger partial charge in [0.1, 0.15) is 17.1 Å². The first-order chi connectivity index (χ1) is 11.9. The number of aromatic carboxylic acids is 1. The first-order valence-electron chi connectivity index (χ1n) is 7.16. The van der Waals surface area contributed by atoms with Gasteiger partial charge in [-0.05, 0) is 42.8 Å². The molecule has 0 radical (unpaired) electrons. The largest absolute Gasteiger partial charge is 0.545 e. The standard InChI is InChI=1S/C17H12N2O6/c1-9-2-7-12(25-9)8-13-14(20)18-17(24)19(15(13)21)11-5-3-10(4-6-11)16(22)23/h2-8H,1H3,(H,22,23)(H,18,20,24)/p-1/b13-8-. The highest BCUT2D eigenvalue weighted by Crippen LogP contribution is 2.22. The maximum absolute atomic E-state index is 12.6. The lowest BCUT2D eigenvalue weighted by Gasteiger charge is -2.26. The van der Waals surface area contributed by atoms with E-state index in [2.05, 4.69) is 5.32 Å². The molecule has 0 unspecified atom stereocenters. The van der Waals surface area contributed by atoms with Crippen molar-refractivity contribution in [3.8, 4) is 0 Å². The molecule has 2 aromatic rings. The van der Waals surface area contributed by atoms with E-state index in [-0.39, 0.29) is 22.6 Å². The Labute approximate surface area is 141 Å². The van der Waals surface area contributed by atoms with Crippen LogP contribution in [-0.4, -0.2) is 23.8 Å². The molecule has 0 bridgehead atoms. The molecule has 25 heavy (non-hydrogen) atoms. The molecule has 0 aliphatic carbocycles. The third-order valence-electron chi connectivity index (χ3n) is 3.51. The fourth-order valence-corrected chi connectivity index (χ4v) is 2.31. The summed E-state index contributed by atoms with van der Waals surface area (Å²) in [5, 5.41) is 12.8. The number of hydrogen-bond acceptors (Lipinski definition) is 6. The number of anilines is 1. The van der Waals surface area contributed by atoms with E-state index in [1.165, 1.54) is 30.3 Å². The van der Waals surface area contributed by atoms with E-state index in [4.69, 9.17) is 4.42 Å². The van der Waals surface area contributed by atoms with E-state index < -0.39 is 23.8 Å². The van der Waals surface area contributed by atoms with Gasteiger partial charge in [0.05, 0.1) is 11.7 Å². The van der Waals surface area contributed by atoms with Crippen molar-refractivity contribution in [2.45, 2.75) is 6.92 Å². The molecule has 126 valence electrons. The lowest BCUT2D eigenvalue weighted by atomic mass is 10.1. The molecule has 1 aliphatic heterocycles. The van der Waals surface area contributed by atoms with Crippen LogP contribution in [0.1, 0.15) is 21.9 Å². The molecule has 0 atom stereocenters. The van der Waals surface area contributed by atoms with Gasteiger partial charge in [0.15, 0.2) is 0 Å². The number of carbonyl (C=O) groups is 4. The number of aryl methyl sites for hydroxylation is 1. The highest BCUT2D eigenvalue weighted by Gasteiger charge is 2.37. The zero-order valence-electron chi connectivity index (χ0n) is 12.9. The van der Waals surface area contributed by atoms with E-state index in [0.717, 1.165) is 4.90 Å². The number of carboxylic acid groups (broad SMARTS) is 1. The van der Waals surface area contributed by atoms with Crippen molar-refractivity contribution in [1.82, 2.24) is 5.32 Å². The highest BCUT2D eigenvalue weighted by molar-refractivity contribution is 6.39. The van der Waals surface area contributed by atoms with Crippen molar-refractivity contribution in [2.24, 2.45) is 0 Å². The van der Waals surface area contributed by atoms with Crippen LogP contribution in [0.4, 0.5) is 10.5 Å². The van der Waals surface area contributed by atoms with Crippen molar-refractivity contribution in [1.29, 1.82) is 0 Å². The Morgan fingerprint density at radius 2 is 1.80 bits per heavy atom. The van der Waals surface area contributed by atoms with Gasteiger partial charge in [0.2, 0.25) is 0 Å². The van der Waals surface area contributed by atoms with Crippen molar-refractivity contribution >= 4 is 35.6 Å². The average molecular weight is 339 g/mol. The summed E-state index contributed by atoms with van der Waals surface area (Å²) in [7, 11) is 0. The van der Waals surface area contributed by atoms with Crippen LogP contribution in [0.3, 0.4) is 0 Å². The monoisotopic (exact) mass is 339 g/mol. The van der Waals surface area contributed by atoms with Crippen molar-refractivity contribution in [3.05, 3.63) is 59.1 Å². The average Bonchev–Trinajstić information content (AvgIpc) is 2.97. The molecule has 1 aliphatic rings. The second-order valence-electron chi connectivity index (χ2n) is 5.24. The second-order valence-corrected chi connectivity index (χ2v) is 5.24. The maximum Gasteiger partial charge on any atom is 0.335 e. The van der Waals surface area contributed by atoms with E-state index in [0.29, 0.717) is 5.76 Å². The number of rotatable bonds is 3. The van der Waals surface area contributed by atoms with Crippen molar-refractivity contribution in [2.75, 3.05) is 4.90 Å². The summed E-state index contributed by atoms with van der Waals surface area (Å²) in [5.74, 6) is -2.18. The second kappa shape index (κ2) is 6.08. The zero-order valence-corrected chi connectivity index (χ0v) is 12.9. The third kappa shape index (κ3) is 3.05. The summed E-state index contributed by atoms with van der Waals surface area (Å²) in [4.78, 5) is 48.1. The number of nitrogens with one attached hydrogen (secondary N) is 1. The van der Waals surface area contributed by atoms with Crippen LogP contribution in [0.15, 0.2) is 46.4 Å². The molecule has 8 nitrogen and oxygen atoms in total. The number of imide groups is 2. The quantitative estimate of drug-likeness (QED) is 0.646. The Kier molecular flexibility index (Phi) is 3.94. The predicted octanol–water partition coefficient (Wildman–Crippen LogP) is 0.618. The van der Waals surface area contributed by atoms with Gasteiger partial charge in [0, 0.05) is 0 Å². The van der Waals surface area contributed by atoms with Crippen LogP contribution in [0.25, 0.3) is 6.08 Å². The molecule has 3 rings (SSSR count). The van der Waals surface area contributed by atoms with Gasteiger partial charge >= 0.3 is 6.03 Å². The van der Waals surface area contributed by atoms with Gasteiger partial charge in [-0.3, -0.25) is 14.9 Å². The van der Waals surface area contributed by atoms with Crippen LogP contribution < -0.4 is 15.3 Å². The number of carboxylic acids is 1. The van der Waals surface area contributed by atoms with Gasteiger partial charge in [-0.25, -0.2) is 9.69 Å². The van der Waals surface area contributed by atoms with Gasteiger partial charge in [-0.1, -0.05) is 12.1 Å². The first-order valence-corrected chi connectivity index (χ1v) is 7.16. The van der Waals surface area contributed by atoms with E-state index in [9.17, 15) is 24.3 Å². The Bertz CT molecular complexity index is 923. The van der Waals surface area contributed by atoms with Crippen LogP contribution in [0.2, 0.25) is 0 Å². The van der Waals surface area contributed by atoms with Crippen LogP contribution in [0.5, 0.6) is 0 Å². The summed E-state index contributed by atoms with van der Waals surface area (Å²) in [6.45, 7) is 1.71. The number of carbonyl (C=O) groups excluding carboxylic acids is 4. The minimum Gasteiger partial charge on any atom is -0.545 e. The molecule has 1 saturated heterocycles. The molecule has 1 fully saturated rings. The maximum atomic E-state index is 12.6. The SMILES string of the molecule is Cc1ccc(/C=C2/C(=O)NC(=O)N(c3ccc(C(=O)[O-])cc3)C2=O)o1. The van der Waals surface area contributed by atoms with Crippen molar-refractivity contribution in [3.63, 3.8) is 0 Å². The summed E-state index contributed by atoms with van der Waals surface area (Å²) < 4.78 is 5.31. The molecule has 0 saturated carbocycles. The number of hydrogen-bond donors (Lipinski definition) is 1.